The van der Waals surface area contributed by atoms with Gasteiger partial charge in [-0.3, -0.25) is 24.0 Å². The molecule has 0 aliphatic carbocycles. The minimum atomic E-state index is -0.661. The number of hydrogen-bond acceptors (Lipinski definition) is 14. The van der Waals surface area contributed by atoms with E-state index in [-0.39, 0.29) is 43.2 Å². The smallest absolute Gasteiger partial charge is 0.373 e. The minimum absolute atomic E-state index is 0.0388. The lowest BCUT2D eigenvalue weighted by molar-refractivity contribution is -0.192. The average Bonchev–Trinajstić information content (AvgIpc) is 3.78. The summed E-state index contributed by atoms with van der Waals surface area (Å²) in [5, 5.41) is 33.6. The standard InChI is InChI=1S/C43H80O8.C12H26O.C11H22O2.C6H14O2.C3H8.4C2H6.CO2/c1-3-4-5-6-7-8-13-18-23-30-37-49-41(45)34-27-21-16-11-12-17-22-29-36-43(47)51-39-32-25-24-31-38-50-42(46)35-28-20-15-10-9-14-19-26-33-40(44)48-2;1-2-3-4-5-6-7-8-9-10-11-12-13;1-2-3-4-5-6-7-8-9-10-11(12)13;7-5-3-1-2-4-6-8;1-3-2;4*1-2;2-1-3/h3-39H2,1-2H3;13H,2-12H2,1H3;2-10H2,1H3,(H,12,13);7-8H,1-6H2;3H2,1-2H3;4*1-2H3;. The van der Waals surface area contributed by atoms with Gasteiger partial charge in [0, 0.05) is 51.9 Å². The van der Waals surface area contributed by atoms with Gasteiger partial charge in [0.25, 0.3) is 0 Å². The summed E-state index contributed by atoms with van der Waals surface area (Å²) in [5.41, 5.74) is 0. The first-order valence-corrected chi connectivity index (χ1v) is 42.0. The summed E-state index contributed by atoms with van der Waals surface area (Å²) in [4.78, 5) is 73.3. The molecule has 0 rings (SSSR count). The van der Waals surface area contributed by atoms with E-state index in [1.165, 1.54) is 193 Å². The highest BCUT2D eigenvalue weighted by atomic mass is 16.5. The number of carbonyl (C=O) groups is 5. The summed E-state index contributed by atoms with van der Waals surface area (Å²) in [6.45, 7) is 29.4. The second-order valence-electron chi connectivity index (χ2n) is 24.7. The lowest BCUT2D eigenvalue weighted by Gasteiger charge is -2.07. The van der Waals surface area contributed by atoms with Crippen molar-refractivity contribution in [1.29, 1.82) is 0 Å². The summed E-state index contributed by atoms with van der Waals surface area (Å²) in [7, 11) is 1.43. The predicted molar refractivity (Wildman–Crippen MR) is 420 cm³/mol. The molecule has 0 spiro atoms. The highest BCUT2D eigenvalue weighted by molar-refractivity contribution is 5.70. The van der Waals surface area contributed by atoms with Gasteiger partial charge in [0.2, 0.25) is 0 Å². The molecule has 0 saturated carbocycles. The topological polar surface area (TPSA) is 237 Å². The van der Waals surface area contributed by atoms with Crippen molar-refractivity contribution < 1.29 is 72.9 Å². The van der Waals surface area contributed by atoms with Gasteiger partial charge < -0.3 is 39.4 Å². The van der Waals surface area contributed by atoms with Crippen LogP contribution in [0.3, 0.4) is 0 Å². The maximum Gasteiger partial charge on any atom is 0.373 e. The Kier molecular flexibility index (Phi) is 150. The number of esters is 4. The van der Waals surface area contributed by atoms with Gasteiger partial charge in [0.05, 0.1) is 26.9 Å². The number of aliphatic carboxylic acids is 1. The third kappa shape index (κ3) is 150. The SMILES string of the molecule is CC.CC.CC.CC.CCC.CCCCCCCCCCC(=O)O.CCCCCCCCCCCCO.CCCCCCCCCCCCOC(=O)CCCCCCCCCCC(=O)OCCCCCCOC(=O)CCCCCCCCCCC(=O)OC.O=C=O.OCCCCCCO. The zero-order chi connectivity index (χ0) is 76.7. The fraction of sp³-hybridized carbons (Fsp3) is 0.929. The second kappa shape index (κ2) is 128. The molecule has 0 amide bonds. The Bertz CT molecular complexity index is 1410. The number of ether oxygens (including phenoxy) is 4. The number of aliphatic hydroxyl groups is 3. The van der Waals surface area contributed by atoms with Crippen LogP contribution in [0.25, 0.3) is 0 Å². The third-order valence-corrected chi connectivity index (χ3v) is 15.4. The van der Waals surface area contributed by atoms with Crippen LogP contribution >= 0.6 is 0 Å². The summed E-state index contributed by atoms with van der Waals surface area (Å²) >= 11 is 0. The molecule has 600 valence electrons. The maximum atomic E-state index is 12.0. The highest BCUT2D eigenvalue weighted by Crippen LogP contribution is 2.16. The van der Waals surface area contributed by atoms with Crippen molar-refractivity contribution in [1.82, 2.24) is 0 Å². The molecular formula is C84H174O15. The van der Waals surface area contributed by atoms with E-state index in [9.17, 15) is 24.0 Å². The van der Waals surface area contributed by atoms with Crippen molar-refractivity contribution in [3.8, 4) is 0 Å². The molecule has 0 fully saturated rings. The number of aliphatic hydroxyl groups excluding tert-OH is 3. The highest BCUT2D eigenvalue weighted by Gasteiger charge is 2.07. The molecule has 0 atom stereocenters. The van der Waals surface area contributed by atoms with Crippen molar-refractivity contribution in [2.45, 2.75) is 462 Å². The largest absolute Gasteiger partial charge is 0.481 e. The first kappa shape index (κ1) is 117. The third-order valence-electron chi connectivity index (χ3n) is 15.4. The molecule has 0 bridgehead atoms. The molecule has 99 heavy (non-hydrogen) atoms. The van der Waals surface area contributed by atoms with Crippen LogP contribution in [0, 0.1) is 0 Å². The van der Waals surface area contributed by atoms with Crippen LogP contribution in [-0.2, 0) is 52.5 Å². The fourth-order valence-electron chi connectivity index (χ4n) is 9.81. The molecule has 15 nitrogen and oxygen atoms in total. The molecule has 0 aliphatic rings. The summed E-state index contributed by atoms with van der Waals surface area (Å²) in [5.74, 6) is -1.03. The molecule has 0 aliphatic heterocycles. The van der Waals surface area contributed by atoms with Crippen LogP contribution in [-0.4, -0.2) is 103 Å². The van der Waals surface area contributed by atoms with E-state index in [1.54, 1.807) is 0 Å². The zero-order valence-electron chi connectivity index (χ0n) is 68.5. The van der Waals surface area contributed by atoms with Crippen LogP contribution in [0.5, 0.6) is 0 Å². The molecule has 0 aromatic heterocycles. The zero-order valence-corrected chi connectivity index (χ0v) is 68.5. The van der Waals surface area contributed by atoms with E-state index in [2.05, 4.69) is 39.4 Å². The fourth-order valence-corrected chi connectivity index (χ4v) is 9.81. The van der Waals surface area contributed by atoms with Crippen LogP contribution in [0.4, 0.5) is 0 Å². The van der Waals surface area contributed by atoms with Gasteiger partial charge in [-0.05, 0) is 83.5 Å². The first-order chi connectivity index (χ1) is 48.4. The normalized spacial score (nSPS) is 9.71. The van der Waals surface area contributed by atoms with Gasteiger partial charge >= 0.3 is 36.0 Å². The number of hydrogen-bond donors (Lipinski definition) is 4. The van der Waals surface area contributed by atoms with Crippen molar-refractivity contribution in [2.24, 2.45) is 0 Å². The van der Waals surface area contributed by atoms with Crippen molar-refractivity contribution in [2.75, 3.05) is 46.8 Å². The lowest BCUT2D eigenvalue weighted by Crippen LogP contribution is -2.07. The van der Waals surface area contributed by atoms with Gasteiger partial charge in [-0.15, -0.1) is 0 Å². The van der Waals surface area contributed by atoms with E-state index >= 15 is 0 Å². The number of methoxy groups -OCH3 is 1. The van der Waals surface area contributed by atoms with Crippen LogP contribution in [0.2, 0.25) is 0 Å². The predicted octanol–water partition coefficient (Wildman–Crippen LogP) is 25.0. The molecule has 0 aromatic rings. The van der Waals surface area contributed by atoms with Crippen molar-refractivity contribution in [3.63, 3.8) is 0 Å². The molecule has 0 unspecified atom stereocenters. The second-order valence-corrected chi connectivity index (χ2v) is 24.7. The van der Waals surface area contributed by atoms with Crippen molar-refractivity contribution >= 4 is 36.0 Å². The van der Waals surface area contributed by atoms with Gasteiger partial charge in [-0.25, -0.2) is 0 Å². The van der Waals surface area contributed by atoms with E-state index < -0.39 is 5.97 Å². The van der Waals surface area contributed by atoms with E-state index in [0.717, 1.165) is 154 Å². The number of carboxylic acids is 1. The summed E-state index contributed by atoms with van der Waals surface area (Å²) in [6.07, 6.45) is 64.4. The van der Waals surface area contributed by atoms with Gasteiger partial charge in [0.15, 0.2) is 0 Å². The molecule has 4 N–H and O–H groups in total. The lowest BCUT2D eigenvalue weighted by atomic mass is 10.1. The molecule has 0 radical (unpaired) electrons. The monoisotopic (exact) mass is 1420 g/mol. The van der Waals surface area contributed by atoms with Gasteiger partial charge in [-0.1, -0.05) is 347 Å². The van der Waals surface area contributed by atoms with Crippen LogP contribution < -0.4 is 0 Å². The van der Waals surface area contributed by atoms with E-state index in [1.807, 2.05) is 55.4 Å². The molecule has 0 saturated heterocycles. The van der Waals surface area contributed by atoms with Crippen LogP contribution in [0.1, 0.15) is 462 Å². The number of unbranched alkanes of at least 4 members (excludes halogenated alkanes) is 45. The number of carbonyl (C=O) groups excluding carboxylic acids is 6. The molecule has 0 heterocycles. The molecular weight excluding hydrogens is 1250 g/mol. The van der Waals surface area contributed by atoms with E-state index in [0.29, 0.717) is 58.5 Å². The number of carboxylic acid groups (broad SMARTS) is 1. The first-order valence-electron chi connectivity index (χ1n) is 42.0. The minimum Gasteiger partial charge on any atom is -0.481 e. The Morgan fingerprint density at radius 2 is 0.404 bits per heavy atom. The van der Waals surface area contributed by atoms with Crippen LogP contribution in [0.15, 0.2) is 0 Å². The van der Waals surface area contributed by atoms with Gasteiger partial charge in [-0.2, -0.15) is 9.59 Å². The number of rotatable bonds is 64. The quantitative estimate of drug-likeness (QED) is 0.0252. The summed E-state index contributed by atoms with van der Waals surface area (Å²) in [6, 6.07) is 0. The molecule has 15 heteroatoms. The average molecular weight is 1420 g/mol. The Labute approximate surface area is 615 Å². The Hall–Kier alpha value is -3.39. The van der Waals surface area contributed by atoms with E-state index in [4.69, 9.17) is 44.2 Å². The molecule has 0 aromatic carbocycles. The van der Waals surface area contributed by atoms with Gasteiger partial charge in [0.1, 0.15) is 0 Å². The Balaban J connectivity index is -0.000000165. The Morgan fingerprint density at radius 1 is 0.253 bits per heavy atom. The Morgan fingerprint density at radius 3 is 0.576 bits per heavy atom. The summed E-state index contributed by atoms with van der Waals surface area (Å²) < 4.78 is 20.8. The maximum absolute atomic E-state index is 12.0. The van der Waals surface area contributed by atoms with Crippen molar-refractivity contribution in [3.05, 3.63) is 0 Å².